The summed E-state index contributed by atoms with van der Waals surface area (Å²) in [4.78, 5) is 25.6. The lowest BCUT2D eigenvalue weighted by atomic mass is 9.89. The molecule has 2 aliphatic rings. The minimum atomic E-state index is -0.582. The Balaban J connectivity index is 1.99. The highest BCUT2D eigenvalue weighted by atomic mass is 16.6. The van der Waals surface area contributed by atoms with E-state index in [-0.39, 0.29) is 24.4 Å². The van der Waals surface area contributed by atoms with E-state index in [1.807, 2.05) is 20.8 Å². The molecule has 0 aromatic rings. The number of hydrogen-bond acceptors (Lipinski definition) is 4. The molecule has 120 valence electrons. The first-order chi connectivity index (χ1) is 9.76. The van der Waals surface area contributed by atoms with Crippen molar-refractivity contribution in [1.82, 2.24) is 10.2 Å². The first kappa shape index (κ1) is 16.1. The number of nitrogens with zero attached hydrogens (tertiary/aromatic N) is 1. The normalized spacial score (nSPS) is 30.4. The lowest BCUT2D eigenvalue weighted by Crippen LogP contribution is -2.54. The number of amides is 2. The van der Waals surface area contributed by atoms with Gasteiger partial charge in [-0.15, -0.1) is 0 Å². The van der Waals surface area contributed by atoms with Gasteiger partial charge in [0.15, 0.2) is 0 Å². The van der Waals surface area contributed by atoms with E-state index in [1.165, 1.54) is 0 Å². The van der Waals surface area contributed by atoms with Gasteiger partial charge in [0.2, 0.25) is 5.91 Å². The van der Waals surface area contributed by atoms with Crippen molar-refractivity contribution < 1.29 is 19.4 Å². The van der Waals surface area contributed by atoms with Crippen molar-refractivity contribution in [1.29, 1.82) is 0 Å². The van der Waals surface area contributed by atoms with Crippen LogP contribution in [0.3, 0.4) is 0 Å². The summed E-state index contributed by atoms with van der Waals surface area (Å²) >= 11 is 0. The Kier molecular flexibility index (Phi) is 4.76. The molecule has 0 bridgehead atoms. The zero-order valence-corrected chi connectivity index (χ0v) is 13.1. The van der Waals surface area contributed by atoms with Crippen LogP contribution in [0.25, 0.3) is 0 Å². The largest absolute Gasteiger partial charge is 0.444 e. The third kappa shape index (κ3) is 4.33. The third-order valence-electron chi connectivity index (χ3n) is 3.97. The summed E-state index contributed by atoms with van der Waals surface area (Å²) in [7, 11) is 0. The molecular formula is C15H26N2O4. The fourth-order valence-corrected chi connectivity index (χ4v) is 3.14. The summed E-state index contributed by atoms with van der Waals surface area (Å²) in [5, 5.41) is 12.5. The molecule has 1 aliphatic heterocycles. The number of carbonyl (C=O) groups is 2. The predicted molar refractivity (Wildman–Crippen MR) is 77.8 cm³/mol. The van der Waals surface area contributed by atoms with E-state index in [9.17, 15) is 14.7 Å². The maximum absolute atomic E-state index is 12.0. The fourth-order valence-electron chi connectivity index (χ4n) is 3.14. The van der Waals surface area contributed by atoms with E-state index in [2.05, 4.69) is 5.32 Å². The SMILES string of the molecule is CC(C)(C)OC(=O)NC1CCCCC1N1CC(O)CC1=O. The molecule has 1 aliphatic carbocycles. The van der Waals surface area contributed by atoms with Crippen LogP contribution in [0.5, 0.6) is 0 Å². The standard InChI is InChI=1S/C15H26N2O4/c1-15(2,3)21-14(20)16-11-6-4-5-7-12(11)17-9-10(18)8-13(17)19/h10-12,18H,4-9H2,1-3H3,(H,16,20). The molecular weight excluding hydrogens is 272 g/mol. The van der Waals surface area contributed by atoms with Crippen molar-refractivity contribution in [3.8, 4) is 0 Å². The first-order valence-corrected chi connectivity index (χ1v) is 7.73. The Morgan fingerprint density at radius 3 is 2.57 bits per heavy atom. The number of likely N-dealkylation sites (tertiary alicyclic amines) is 1. The Morgan fingerprint density at radius 1 is 1.33 bits per heavy atom. The van der Waals surface area contributed by atoms with Crippen molar-refractivity contribution in [2.75, 3.05) is 6.54 Å². The highest BCUT2D eigenvalue weighted by Gasteiger charge is 2.39. The van der Waals surface area contributed by atoms with Gasteiger partial charge in [0.05, 0.1) is 24.6 Å². The fraction of sp³-hybridized carbons (Fsp3) is 0.867. The van der Waals surface area contributed by atoms with Crippen LogP contribution in [0.2, 0.25) is 0 Å². The molecule has 2 N–H and O–H groups in total. The van der Waals surface area contributed by atoms with Crippen LogP contribution in [0, 0.1) is 0 Å². The minimum Gasteiger partial charge on any atom is -0.444 e. The molecule has 0 aromatic carbocycles. The maximum atomic E-state index is 12.0. The van der Waals surface area contributed by atoms with Crippen LogP contribution in [-0.2, 0) is 9.53 Å². The van der Waals surface area contributed by atoms with Gasteiger partial charge in [-0.05, 0) is 33.6 Å². The van der Waals surface area contributed by atoms with Crippen LogP contribution in [0.4, 0.5) is 4.79 Å². The van der Waals surface area contributed by atoms with Crippen LogP contribution < -0.4 is 5.32 Å². The van der Waals surface area contributed by atoms with Gasteiger partial charge in [0, 0.05) is 6.54 Å². The Hall–Kier alpha value is -1.30. The summed E-state index contributed by atoms with van der Waals surface area (Å²) in [5.74, 6) is -0.0228. The molecule has 3 unspecified atom stereocenters. The highest BCUT2D eigenvalue weighted by molar-refractivity contribution is 5.79. The van der Waals surface area contributed by atoms with Crippen molar-refractivity contribution in [3.63, 3.8) is 0 Å². The van der Waals surface area contributed by atoms with Crippen molar-refractivity contribution in [2.24, 2.45) is 0 Å². The Bertz CT molecular complexity index is 405. The quantitative estimate of drug-likeness (QED) is 0.808. The number of carbonyl (C=O) groups excluding carboxylic acids is 2. The number of aliphatic hydroxyl groups excluding tert-OH is 1. The van der Waals surface area contributed by atoms with Crippen LogP contribution in [0.1, 0.15) is 52.9 Å². The molecule has 6 heteroatoms. The summed E-state index contributed by atoms with van der Waals surface area (Å²) in [5.41, 5.74) is -0.534. The monoisotopic (exact) mass is 298 g/mol. The molecule has 0 radical (unpaired) electrons. The van der Waals surface area contributed by atoms with E-state index >= 15 is 0 Å². The molecule has 1 saturated heterocycles. The zero-order valence-electron chi connectivity index (χ0n) is 13.1. The summed E-state index contributed by atoms with van der Waals surface area (Å²) < 4.78 is 5.30. The van der Waals surface area contributed by atoms with Gasteiger partial charge in [-0.25, -0.2) is 4.79 Å². The van der Waals surface area contributed by atoms with Crippen molar-refractivity contribution >= 4 is 12.0 Å². The number of hydrogen-bond donors (Lipinski definition) is 2. The van der Waals surface area contributed by atoms with Crippen molar-refractivity contribution in [2.45, 2.75) is 76.7 Å². The lowest BCUT2D eigenvalue weighted by molar-refractivity contribution is -0.130. The van der Waals surface area contributed by atoms with Gasteiger partial charge < -0.3 is 20.1 Å². The molecule has 3 atom stereocenters. The number of rotatable bonds is 2. The maximum Gasteiger partial charge on any atom is 0.407 e. The number of ether oxygens (including phenoxy) is 1. The second-order valence-corrected chi connectivity index (χ2v) is 7.01. The summed E-state index contributed by atoms with van der Waals surface area (Å²) in [6, 6.07) is -0.126. The van der Waals surface area contributed by atoms with Gasteiger partial charge in [-0.2, -0.15) is 0 Å². The smallest absolute Gasteiger partial charge is 0.407 e. The van der Waals surface area contributed by atoms with Crippen molar-refractivity contribution in [3.05, 3.63) is 0 Å². The number of aliphatic hydroxyl groups is 1. The van der Waals surface area contributed by atoms with Gasteiger partial charge >= 0.3 is 6.09 Å². The number of alkyl carbamates (subject to hydrolysis) is 1. The second-order valence-electron chi connectivity index (χ2n) is 7.01. The van der Waals surface area contributed by atoms with E-state index in [0.717, 1.165) is 25.7 Å². The zero-order chi connectivity index (χ0) is 15.6. The Morgan fingerprint density at radius 2 is 2.00 bits per heavy atom. The molecule has 0 aromatic heterocycles. The Labute approximate surface area is 125 Å². The van der Waals surface area contributed by atoms with Gasteiger partial charge in [-0.3, -0.25) is 4.79 Å². The molecule has 2 fully saturated rings. The van der Waals surface area contributed by atoms with Gasteiger partial charge in [-0.1, -0.05) is 12.8 Å². The minimum absolute atomic E-state index is 0.0228. The molecule has 1 heterocycles. The van der Waals surface area contributed by atoms with E-state index < -0.39 is 17.8 Å². The highest BCUT2D eigenvalue weighted by Crippen LogP contribution is 2.27. The molecule has 2 rings (SSSR count). The van der Waals surface area contributed by atoms with Gasteiger partial charge in [0.1, 0.15) is 5.60 Å². The topological polar surface area (TPSA) is 78.9 Å². The average molecular weight is 298 g/mol. The van der Waals surface area contributed by atoms with Crippen LogP contribution >= 0.6 is 0 Å². The van der Waals surface area contributed by atoms with Crippen LogP contribution in [0.15, 0.2) is 0 Å². The summed E-state index contributed by atoms with van der Waals surface area (Å²) in [6.45, 7) is 5.85. The van der Waals surface area contributed by atoms with E-state index in [4.69, 9.17) is 4.74 Å². The number of β-amino-alcohol motifs (C(OH)–C–C–N with tert-alkyl or cyclic N) is 1. The average Bonchev–Trinajstić information content (AvgIpc) is 2.66. The van der Waals surface area contributed by atoms with Gasteiger partial charge in [0.25, 0.3) is 0 Å². The molecule has 21 heavy (non-hydrogen) atoms. The second kappa shape index (κ2) is 6.22. The molecule has 1 saturated carbocycles. The predicted octanol–water partition coefficient (Wildman–Crippen LogP) is 1.42. The van der Waals surface area contributed by atoms with Crippen LogP contribution in [-0.4, -0.2) is 52.3 Å². The molecule has 2 amide bonds. The third-order valence-corrected chi connectivity index (χ3v) is 3.97. The van der Waals surface area contributed by atoms with E-state index in [1.54, 1.807) is 4.90 Å². The first-order valence-electron chi connectivity index (χ1n) is 7.73. The summed E-state index contributed by atoms with van der Waals surface area (Å²) in [6.07, 6.45) is 2.94. The lowest BCUT2D eigenvalue weighted by Gasteiger charge is -2.38. The molecule has 6 nitrogen and oxygen atoms in total. The molecule has 0 spiro atoms. The number of nitrogens with one attached hydrogen (secondary N) is 1. The van der Waals surface area contributed by atoms with E-state index in [0.29, 0.717) is 6.54 Å².